The van der Waals surface area contributed by atoms with Crippen molar-refractivity contribution in [1.82, 2.24) is 14.5 Å². The van der Waals surface area contributed by atoms with Crippen LogP contribution in [0.1, 0.15) is 137 Å². The topological polar surface area (TPSA) is 50.9 Å². The molecule has 0 saturated carbocycles. The standard InChI is InChI=1S/C55H64N3O.Pt/c1-33-24-25-56-47-42(33)29-38(53(8,9)10)30-43(47)34-26-35(28-37(27-34)52(5,6)7)50-57-48-41(44-31-39(54(11,12)13)32-45(49(44)59)55(14,15)16)18-17-19-46(48)58(50)40-22-20-36(21-23-40)51(2,3)4;/h17-25,27-32,59H,1-16H3;/q-1;. The number of aryl methyl sites for hydroxylation is 1. The minimum absolute atomic E-state index is 0. The van der Waals surface area contributed by atoms with E-state index in [0.29, 0.717) is 5.75 Å². The Morgan fingerprint density at radius 3 is 1.67 bits per heavy atom. The fraction of sp³-hybridized carbons (Fsp3) is 0.382. The number of rotatable bonds is 4. The van der Waals surface area contributed by atoms with E-state index in [1.165, 1.54) is 27.8 Å². The van der Waals surface area contributed by atoms with Crippen LogP contribution in [0.5, 0.6) is 5.75 Å². The van der Waals surface area contributed by atoms with Crippen LogP contribution in [0.3, 0.4) is 0 Å². The predicted molar refractivity (Wildman–Crippen MR) is 251 cm³/mol. The predicted octanol–water partition coefficient (Wildman–Crippen LogP) is 14.9. The second-order valence-electron chi connectivity index (χ2n) is 21.9. The van der Waals surface area contributed by atoms with Crippen molar-refractivity contribution in [3.05, 3.63) is 131 Å². The first-order chi connectivity index (χ1) is 27.2. The summed E-state index contributed by atoms with van der Waals surface area (Å²) in [6.45, 7) is 35.7. The molecular formula is C55H64N3OPt-. The Morgan fingerprint density at radius 2 is 1.08 bits per heavy atom. The third-order valence-electron chi connectivity index (χ3n) is 11.9. The molecule has 4 nitrogen and oxygen atoms in total. The normalized spacial score (nSPS) is 12.9. The molecule has 5 aromatic carbocycles. The number of aromatic hydroxyl groups is 1. The number of imidazole rings is 1. The maximum Gasteiger partial charge on any atom is 0.127 e. The maximum atomic E-state index is 12.2. The summed E-state index contributed by atoms with van der Waals surface area (Å²) in [4.78, 5) is 10.6. The van der Waals surface area contributed by atoms with Gasteiger partial charge in [0.25, 0.3) is 0 Å². The minimum Gasteiger partial charge on any atom is -0.507 e. The smallest absolute Gasteiger partial charge is 0.127 e. The molecule has 0 amide bonds. The molecule has 2 aromatic heterocycles. The van der Waals surface area contributed by atoms with E-state index in [1.807, 2.05) is 6.20 Å². The van der Waals surface area contributed by atoms with Crippen molar-refractivity contribution in [2.24, 2.45) is 0 Å². The Balaban J connectivity index is 0.00000604. The summed E-state index contributed by atoms with van der Waals surface area (Å²) in [5.74, 6) is 1.10. The molecule has 5 heteroatoms. The van der Waals surface area contributed by atoms with E-state index in [9.17, 15) is 5.11 Å². The molecule has 7 aromatic rings. The average Bonchev–Trinajstić information content (AvgIpc) is 3.53. The van der Waals surface area contributed by atoms with Crippen molar-refractivity contribution < 1.29 is 26.2 Å². The van der Waals surface area contributed by atoms with Crippen molar-refractivity contribution >= 4 is 21.9 Å². The van der Waals surface area contributed by atoms with E-state index in [1.54, 1.807) is 0 Å². The van der Waals surface area contributed by atoms with Gasteiger partial charge in [-0.3, -0.25) is 9.97 Å². The molecule has 0 unspecified atom stereocenters. The number of fused-ring (bicyclic) bond motifs is 2. The second kappa shape index (κ2) is 15.4. The summed E-state index contributed by atoms with van der Waals surface area (Å²) < 4.78 is 2.29. The molecule has 60 heavy (non-hydrogen) atoms. The van der Waals surface area contributed by atoms with Gasteiger partial charge in [0.05, 0.1) is 16.9 Å². The molecule has 0 bridgehead atoms. The number of hydrogen-bond donors (Lipinski definition) is 1. The first-order valence-electron chi connectivity index (χ1n) is 21.2. The largest absolute Gasteiger partial charge is 0.507 e. The van der Waals surface area contributed by atoms with Gasteiger partial charge >= 0.3 is 0 Å². The molecule has 7 rings (SSSR count). The van der Waals surface area contributed by atoms with Gasteiger partial charge in [0.1, 0.15) is 5.75 Å². The van der Waals surface area contributed by atoms with Crippen LogP contribution in [0.15, 0.2) is 91.1 Å². The number of phenols is 1. The summed E-state index contributed by atoms with van der Waals surface area (Å²) in [5, 5.41) is 13.3. The minimum atomic E-state index is -0.270. The fourth-order valence-electron chi connectivity index (χ4n) is 8.01. The van der Waals surface area contributed by atoms with E-state index in [-0.39, 0.29) is 48.1 Å². The molecule has 0 aliphatic carbocycles. The van der Waals surface area contributed by atoms with Crippen molar-refractivity contribution in [3.63, 3.8) is 0 Å². The Labute approximate surface area is 374 Å². The summed E-state index contributed by atoms with van der Waals surface area (Å²) in [6, 6.07) is 34.9. The van der Waals surface area contributed by atoms with Crippen LogP contribution in [-0.2, 0) is 48.1 Å². The van der Waals surface area contributed by atoms with E-state index in [2.05, 4.69) is 206 Å². The first kappa shape index (κ1) is 45.0. The first-order valence-corrected chi connectivity index (χ1v) is 21.2. The van der Waals surface area contributed by atoms with E-state index in [4.69, 9.17) is 9.97 Å². The van der Waals surface area contributed by atoms with Crippen LogP contribution in [0.25, 0.3) is 61.3 Å². The SMILES string of the molecule is Cc1ccnc2c(-c3[c-]c(-c4nc5c(-c6cc(C(C)(C)C)cc(C(C)(C)C)c6O)cccc5n4-c4ccc(C(C)(C)C)cc4)cc(C(C)(C)C)c3)cc(C(C)(C)C)cc12.[Pt]. The van der Waals surface area contributed by atoms with Crippen molar-refractivity contribution in [2.45, 2.75) is 138 Å². The van der Waals surface area contributed by atoms with Crippen LogP contribution >= 0.6 is 0 Å². The van der Waals surface area contributed by atoms with Crippen molar-refractivity contribution in [1.29, 1.82) is 0 Å². The Bertz CT molecular complexity index is 2740. The number of pyridine rings is 1. The fourth-order valence-corrected chi connectivity index (χ4v) is 8.01. The Hall–Kier alpha value is -4.53. The molecule has 0 aliphatic rings. The van der Waals surface area contributed by atoms with Gasteiger partial charge in [-0.2, -0.15) is 0 Å². The molecule has 0 saturated heterocycles. The maximum absolute atomic E-state index is 12.2. The summed E-state index contributed by atoms with van der Waals surface area (Å²) >= 11 is 0. The third-order valence-corrected chi connectivity index (χ3v) is 11.9. The van der Waals surface area contributed by atoms with Gasteiger partial charge in [-0.05, 0) is 92.0 Å². The number of phenolic OH excluding ortho intramolecular Hbond substituents is 1. The average molecular weight is 978 g/mol. The number of para-hydroxylation sites is 1. The Kier molecular flexibility index (Phi) is 11.6. The van der Waals surface area contributed by atoms with Crippen LogP contribution in [0.4, 0.5) is 0 Å². The van der Waals surface area contributed by atoms with Crippen molar-refractivity contribution in [3.8, 4) is 45.1 Å². The van der Waals surface area contributed by atoms with E-state index < -0.39 is 0 Å². The molecule has 316 valence electrons. The van der Waals surface area contributed by atoms with E-state index >= 15 is 0 Å². The van der Waals surface area contributed by atoms with Crippen LogP contribution in [0, 0.1) is 13.0 Å². The van der Waals surface area contributed by atoms with Crippen LogP contribution in [-0.4, -0.2) is 19.6 Å². The molecule has 1 N–H and O–H groups in total. The van der Waals surface area contributed by atoms with Gasteiger partial charge in [-0.25, -0.2) is 0 Å². The molecule has 0 aliphatic heterocycles. The molecule has 0 fully saturated rings. The van der Waals surface area contributed by atoms with Gasteiger partial charge in [-0.15, -0.1) is 29.3 Å². The Morgan fingerprint density at radius 1 is 0.533 bits per heavy atom. The van der Waals surface area contributed by atoms with Crippen molar-refractivity contribution in [2.75, 3.05) is 0 Å². The molecule has 2 heterocycles. The number of benzene rings is 5. The molecular weight excluding hydrogens is 914 g/mol. The van der Waals surface area contributed by atoms with Gasteiger partial charge in [0, 0.05) is 55.2 Å². The summed E-state index contributed by atoms with van der Waals surface area (Å²) in [6.07, 6.45) is 1.92. The zero-order valence-electron chi connectivity index (χ0n) is 38.8. The zero-order chi connectivity index (χ0) is 43.2. The summed E-state index contributed by atoms with van der Waals surface area (Å²) in [7, 11) is 0. The van der Waals surface area contributed by atoms with Gasteiger partial charge in [0.2, 0.25) is 0 Å². The molecule has 0 atom stereocenters. The summed E-state index contributed by atoms with van der Waals surface area (Å²) in [5.41, 5.74) is 14.9. The van der Waals surface area contributed by atoms with Gasteiger partial charge in [0.15, 0.2) is 0 Å². The quantitative estimate of drug-likeness (QED) is 0.179. The van der Waals surface area contributed by atoms with Crippen LogP contribution < -0.4 is 0 Å². The van der Waals surface area contributed by atoms with Gasteiger partial charge in [-0.1, -0.05) is 157 Å². The molecule has 0 spiro atoms. The van der Waals surface area contributed by atoms with E-state index in [0.717, 1.165) is 66.8 Å². The molecule has 0 radical (unpaired) electrons. The van der Waals surface area contributed by atoms with Crippen LogP contribution in [0.2, 0.25) is 0 Å². The number of hydrogen-bond acceptors (Lipinski definition) is 3. The number of nitrogens with zero attached hydrogens (tertiary/aromatic N) is 3. The number of aromatic nitrogens is 3. The zero-order valence-corrected chi connectivity index (χ0v) is 41.0. The van der Waals surface area contributed by atoms with Gasteiger partial charge < -0.3 is 9.67 Å². The monoisotopic (exact) mass is 977 g/mol. The third kappa shape index (κ3) is 8.52. The second-order valence-corrected chi connectivity index (χ2v) is 21.9.